The number of nitrogens with one attached hydrogen (secondary N) is 2. The van der Waals surface area contributed by atoms with E-state index in [0.29, 0.717) is 12.0 Å². The summed E-state index contributed by atoms with van der Waals surface area (Å²) in [6.07, 6.45) is 0.435. The van der Waals surface area contributed by atoms with Gasteiger partial charge < -0.3 is 20.3 Å². The van der Waals surface area contributed by atoms with Gasteiger partial charge in [0.1, 0.15) is 11.5 Å². The van der Waals surface area contributed by atoms with E-state index in [-0.39, 0.29) is 29.8 Å². The first-order valence-electron chi connectivity index (χ1n) is 12.5. The third-order valence-corrected chi connectivity index (χ3v) is 6.88. The van der Waals surface area contributed by atoms with E-state index in [0.717, 1.165) is 28.5 Å². The van der Waals surface area contributed by atoms with Gasteiger partial charge in [0, 0.05) is 12.6 Å². The van der Waals surface area contributed by atoms with E-state index in [1.807, 2.05) is 54.6 Å². The van der Waals surface area contributed by atoms with Crippen molar-refractivity contribution in [3.8, 4) is 22.6 Å². The number of hydrogen-bond donors (Lipinski definition) is 4. The Morgan fingerprint density at radius 1 is 0.875 bits per heavy atom. The molecule has 7 nitrogen and oxygen atoms in total. The zero-order valence-electron chi connectivity index (χ0n) is 21.7. The van der Waals surface area contributed by atoms with Gasteiger partial charge in [0.05, 0.1) is 18.0 Å². The van der Waals surface area contributed by atoms with Crippen molar-refractivity contribution in [2.75, 3.05) is 17.5 Å². The quantitative estimate of drug-likeness (QED) is 0.165. The Kier molecular flexibility index (Phi) is 9.36. The molecule has 4 aromatic carbocycles. The average Bonchev–Trinajstić information content (AvgIpc) is 2.92. The highest BCUT2D eigenvalue weighted by Gasteiger charge is 2.19. The third-order valence-electron chi connectivity index (χ3n) is 6.29. The van der Waals surface area contributed by atoms with Crippen LogP contribution in [0.5, 0.6) is 11.5 Å². The smallest absolute Gasteiger partial charge is 0.387 e. The molecule has 0 aliphatic rings. The van der Waals surface area contributed by atoms with Crippen LogP contribution < -0.4 is 14.8 Å². The van der Waals surface area contributed by atoms with E-state index in [4.69, 9.17) is 0 Å². The monoisotopic (exact) mass is 568 g/mol. The molecule has 4 aromatic rings. The number of phenolic OH excluding ortho intramolecular Hbond substituents is 1. The van der Waals surface area contributed by atoms with Crippen LogP contribution in [0.1, 0.15) is 28.8 Å². The highest BCUT2D eigenvalue weighted by atomic mass is 32.2. The normalized spacial score (nSPS) is 13.1. The minimum Gasteiger partial charge on any atom is -0.506 e. The molecular weight excluding hydrogens is 538 g/mol. The second-order valence-corrected chi connectivity index (χ2v) is 11.1. The summed E-state index contributed by atoms with van der Waals surface area (Å²) in [5.41, 5.74) is 4.28. The fourth-order valence-corrected chi connectivity index (χ4v) is 4.98. The van der Waals surface area contributed by atoms with Crippen molar-refractivity contribution in [3.63, 3.8) is 0 Å². The first-order valence-corrected chi connectivity index (χ1v) is 14.4. The Labute approximate surface area is 232 Å². The molecule has 0 saturated heterocycles. The molecule has 0 fully saturated rings. The van der Waals surface area contributed by atoms with Gasteiger partial charge in [-0.1, -0.05) is 72.8 Å². The van der Waals surface area contributed by atoms with Crippen molar-refractivity contribution in [2.24, 2.45) is 0 Å². The predicted molar refractivity (Wildman–Crippen MR) is 151 cm³/mol. The zero-order chi connectivity index (χ0) is 28.7. The van der Waals surface area contributed by atoms with Gasteiger partial charge in [-0.15, -0.1) is 0 Å². The molecular formula is C30H30F2N2O5S. The lowest BCUT2D eigenvalue weighted by Gasteiger charge is -2.23. The minimum absolute atomic E-state index is 0.0391. The fraction of sp³-hybridized carbons (Fsp3) is 0.200. The van der Waals surface area contributed by atoms with E-state index < -0.39 is 22.7 Å². The van der Waals surface area contributed by atoms with Crippen LogP contribution in [0.25, 0.3) is 11.1 Å². The predicted octanol–water partition coefficient (Wildman–Crippen LogP) is 5.64. The lowest BCUT2D eigenvalue weighted by atomic mass is 9.92. The van der Waals surface area contributed by atoms with Crippen molar-refractivity contribution < 1.29 is 32.1 Å². The van der Waals surface area contributed by atoms with Crippen molar-refractivity contribution in [2.45, 2.75) is 25.2 Å². The molecule has 0 aromatic heterocycles. The number of rotatable bonds is 12. The van der Waals surface area contributed by atoms with Gasteiger partial charge in [-0.05, 0) is 58.5 Å². The summed E-state index contributed by atoms with van der Waals surface area (Å²) in [5, 5.41) is 24.3. The van der Waals surface area contributed by atoms with Crippen LogP contribution in [0, 0.1) is 0 Å². The van der Waals surface area contributed by atoms with Crippen LogP contribution in [0.4, 0.5) is 14.5 Å². The molecule has 0 aliphatic heterocycles. The zero-order valence-corrected chi connectivity index (χ0v) is 22.5. The molecule has 0 heterocycles. The Balaban J connectivity index is 1.59. The number of hydrogen-bond acceptors (Lipinski definition) is 6. The summed E-state index contributed by atoms with van der Waals surface area (Å²) < 4.78 is 55.4. The summed E-state index contributed by atoms with van der Waals surface area (Å²) >= 11 is 0. The summed E-state index contributed by atoms with van der Waals surface area (Å²) in [6, 6.07) is 28.1. The number of aliphatic hydroxyl groups is 1. The summed E-state index contributed by atoms with van der Waals surface area (Å²) in [6.45, 7) is -2.85. The SMILES string of the molecule is CS(=O)(=O)Nc1cc([C@@H](O)CNC(Cc2ccccc2-c2ccccc2)c2ccc(OC(F)F)cc2)ccc1O. The number of aromatic hydroxyl groups is 1. The van der Waals surface area contributed by atoms with Gasteiger partial charge in [-0.2, -0.15) is 8.78 Å². The number of anilines is 1. The van der Waals surface area contributed by atoms with E-state index in [1.165, 1.54) is 30.3 Å². The van der Waals surface area contributed by atoms with Crippen LogP contribution >= 0.6 is 0 Å². The molecule has 1 unspecified atom stereocenters. The standard InChI is InChI=1S/C30H30F2N2O5S/c1-40(37,38)34-27-18-23(13-16-28(27)35)29(36)19-33-26(21-11-14-24(15-12-21)39-30(31)32)17-22-9-5-6-10-25(22)20-7-3-2-4-8-20/h2-16,18,26,29-30,33-36H,17,19H2,1H3/t26?,29-/m0/s1. The van der Waals surface area contributed by atoms with E-state index >= 15 is 0 Å². The molecule has 0 saturated carbocycles. The Hall–Kier alpha value is -3.99. The highest BCUT2D eigenvalue weighted by molar-refractivity contribution is 7.92. The summed E-state index contributed by atoms with van der Waals surface area (Å²) in [5.74, 6) is -0.229. The first-order chi connectivity index (χ1) is 19.1. The lowest BCUT2D eigenvalue weighted by molar-refractivity contribution is -0.0498. The van der Waals surface area contributed by atoms with Gasteiger partial charge in [0.25, 0.3) is 0 Å². The van der Waals surface area contributed by atoms with Crippen LogP contribution in [0.3, 0.4) is 0 Å². The Morgan fingerprint density at radius 3 is 2.20 bits per heavy atom. The van der Waals surface area contributed by atoms with E-state index in [9.17, 15) is 27.4 Å². The molecule has 40 heavy (non-hydrogen) atoms. The molecule has 0 amide bonds. The molecule has 4 N–H and O–H groups in total. The van der Waals surface area contributed by atoms with Gasteiger partial charge in [-0.3, -0.25) is 4.72 Å². The van der Waals surface area contributed by atoms with Gasteiger partial charge in [0.2, 0.25) is 10.0 Å². The number of benzene rings is 4. The molecule has 4 rings (SSSR count). The average molecular weight is 569 g/mol. The topological polar surface area (TPSA) is 108 Å². The number of sulfonamides is 1. The second kappa shape index (κ2) is 12.9. The van der Waals surface area contributed by atoms with Crippen molar-refractivity contribution in [1.29, 1.82) is 0 Å². The molecule has 0 radical (unpaired) electrons. The molecule has 0 bridgehead atoms. The molecule has 0 aliphatic carbocycles. The Bertz CT molecular complexity index is 1520. The van der Waals surface area contributed by atoms with Crippen LogP contribution in [-0.2, 0) is 16.4 Å². The van der Waals surface area contributed by atoms with Crippen LogP contribution in [0.2, 0.25) is 0 Å². The number of phenols is 1. The van der Waals surface area contributed by atoms with Gasteiger partial charge >= 0.3 is 6.61 Å². The molecule has 10 heteroatoms. The van der Waals surface area contributed by atoms with E-state index in [1.54, 1.807) is 12.1 Å². The van der Waals surface area contributed by atoms with Gasteiger partial charge in [0.15, 0.2) is 0 Å². The number of aliphatic hydroxyl groups excluding tert-OH is 1. The second-order valence-electron chi connectivity index (χ2n) is 9.30. The van der Waals surface area contributed by atoms with Gasteiger partial charge in [-0.25, -0.2) is 8.42 Å². The van der Waals surface area contributed by atoms with Crippen molar-refractivity contribution in [3.05, 3.63) is 114 Å². The Morgan fingerprint density at radius 2 is 1.52 bits per heavy atom. The third kappa shape index (κ3) is 8.01. The maximum absolute atomic E-state index is 12.7. The molecule has 210 valence electrons. The minimum atomic E-state index is -3.64. The lowest BCUT2D eigenvalue weighted by Crippen LogP contribution is -2.28. The number of ether oxygens (including phenoxy) is 1. The summed E-state index contributed by atoms with van der Waals surface area (Å²) in [4.78, 5) is 0. The van der Waals surface area contributed by atoms with Crippen LogP contribution in [-0.4, -0.2) is 38.0 Å². The summed E-state index contributed by atoms with van der Waals surface area (Å²) in [7, 11) is -3.64. The fourth-order valence-electron chi connectivity index (χ4n) is 4.42. The van der Waals surface area contributed by atoms with Crippen molar-refractivity contribution in [1.82, 2.24) is 5.32 Å². The van der Waals surface area contributed by atoms with E-state index in [2.05, 4.69) is 14.8 Å². The maximum atomic E-state index is 12.7. The molecule has 2 atom stereocenters. The first kappa shape index (κ1) is 29.0. The number of alkyl halides is 2. The largest absolute Gasteiger partial charge is 0.506 e. The highest BCUT2D eigenvalue weighted by Crippen LogP contribution is 2.31. The van der Waals surface area contributed by atoms with Crippen molar-refractivity contribution >= 4 is 15.7 Å². The molecule has 0 spiro atoms. The van der Waals surface area contributed by atoms with Crippen LogP contribution in [0.15, 0.2) is 97.1 Å². The number of halogens is 2. The maximum Gasteiger partial charge on any atom is 0.387 e.